The van der Waals surface area contributed by atoms with Crippen molar-refractivity contribution in [1.29, 1.82) is 0 Å². The Morgan fingerprint density at radius 2 is 2.25 bits per heavy atom. The number of rotatable bonds is 4. The monoisotopic (exact) mass is 288 g/mol. The molecule has 1 aromatic heterocycles. The summed E-state index contributed by atoms with van der Waals surface area (Å²) < 4.78 is 5.72. The molecule has 0 aliphatic rings. The van der Waals surface area contributed by atoms with Gasteiger partial charge in [-0.15, -0.1) is 0 Å². The zero-order chi connectivity index (χ0) is 12.3. The second kappa shape index (κ2) is 5.01. The minimum Gasteiger partial charge on any atom is -0.444 e. The van der Waals surface area contributed by atoms with Crippen molar-refractivity contribution in [3.8, 4) is 0 Å². The van der Waals surface area contributed by atoms with Crippen LogP contribution >= 0.6 is 15.9 Å². The fraction of sp³-hybridized carbons (Fsp3) is 0.545. The van der Waals surface area contributed by atoms with E-state index in [2.05, 4.69) is 21.2 Å². The van der Waals surface area contributed by atoms with Gasteiger partial charge >= 0.3 is 0 Å². The summed E-state index contributed by atoms with van der Waals surface area (Å²) in [6.45, 7) is 6.35. The molecule has 1 amide bonds. The first kappa shape index (κ1) is 13.3. The quantitative estimate of drug-likeness (QED) is 0.892. The SMILES string of the molecule is CC(C)C(C)(CN)NC(=O)c1ccc(Br)o1. The third-order valence-corrected chi connectivity index (χ3v) is 3.32. The molecule has 16 heavy (non-hydrogen) atoms. The van der Waals surface area contributed by atoms with E-state index in [-0.39, 0.29) is 17.6 Å². The number of nitrogens with one attached hydrogen (secondary N) is 1. The van der Waals surface area contributed by atoms with Gasteiger partial charge in [-0.2, -0.15) is 0 Å². The Labute approximate surface area is 104 Å². The number of amides is 1. The molecule has 0 bridgehead atoms. The molecule has 0 aromatic carbocycles. The normalized spacial score (nSPS) is 14.9. The predicted molar refractivity (Wildman–Crippen MR) is 66.2 cm³/mol. The smallest absolute Gasteiger partial charge is 0.287 e. The summed E-state index contributed by atoms with van der Waals surface area (Å²) in [5, 5.41) is 2.89. The average molecular weight is 289 g/mol. The molecule has 0 aliphatic carbocycles. The second-order valence-corrected chi connectivity index (χ2v) is 5.12. The van der Waals surface area contributed by atoms with Gasteiger partial charge in [0.05, 0.1) is 5.54 Å². The summed E-state index contributed by atoms with van der Waals surface area (Å²) in [4.78, 5) is 11.9. The van der Waals surface area contributed by atoms with Crippen LogP contribution in [0.1, 0.15) is 31.3 Å². The van der Waals surface area contributed by atoms with E-state index < -0.39 is 5.54 Å². The molecule has 4 nitrogen and oxygen atoms in total. The molecule has 0 spiro atoms. The highest BCUT2D eigenvalue weighted by Crippen LogP contribution is 2.18. The minimum absolute atomic E-state index is 0.243. The molecule has 0 radical (unpaired) electrons. The maximum atomic E-state index is 11.9. The fourth-order valence-electron chi connectivity index (χ4n) is 1.19. The van der Waals surface area contributed by atoms with Gasteiger partial charge in [0.25, 0.3) is 5.91 Å². The van der Waals surface area contributed by atoms with Gasteiger partial charge in [-0.05, 0) is 40.9 Å². The topological polar surface area (TPSA) is 68.3 Å². The summed E-state index contributed by atoms with van der Waals surface area (Å²) in [6, 6.07) is 3.31. The molecule has 1 aromatic rings. The van der Waals surface area contributed by atoms with E-state index in [9.17, 15) is 4.79 Å². The standard InChI is InChI=1S/C11H17BrN2O2/c1-7(2)11(3,6-13)14-10(15)8-4-5-9(12)16-8/h4-5,7H,6,13H2,1-3H3,(H,14,15). The minimum atomic E-state index is -0.420. The molecule has 0 aliphatic heterocycles. The fourth-order valence-corrected chi connectivity index (χ4v) is 1.49. The lowest BCUT2D eigenvalue weighted by Crippen LogP contribution is -2.54. The van der Waals surface area contributed by atoms with Crippen LogP contribution in [0.3, 0.4) is 0 Å². The van der Waals surface area contributed by atoms with Crippen molar-refractivity contribution in [3.63, 3.8) is 0 Å². The number of carbonyl (C=O) groups excluding carboxylic acids is 1. The van der Waals surface area contributed by atoms with Gasteiger partial charge in [0.2, 0.25) is 0 Å². The molecule has 1 unspecified atom stereocenters. The van der Waals surface area contributed by atoms with Crippen LogP contribution in [0.4, 0.5) is 0 Å². The van der Waals surface area contributed by atoms with Crippen molar-refractivity contribution in [1.82, 2.24) is 5.32 Å². The lowest BCUT2D eigenvalue weighted by Gasteiger charge is -2.33. The van der Waals surface area contributed by atoms with Crippen LogP contribution in [0.15, 0.2) is 21.2 Å². The summed E-state index contributed by atoms with van der Waals surface area (Å²) in [5.41, 5.74) is 5.26. The molecule has 0 fully saturated rings. The van der Waals surface area contributed by atoms with E-state index >= 15 is 0 Å². The average Bonchev–Trinajstić information content (AvgIpc) is 2.64. The van der Waals surface area contributed by atoms with Crippen LogP contribution < -0.4 is 11.1 Å². The predicted octanol–water partition coefficient (Wildman–Crippen LogP) is 2.15. The Bertz CT molecular complexity index is 376. The highest BCUT2D eigenvalue weighted by Gasteiger charge is 2.29. The maximum Gasteiger partial charge on any atom is 0.287 e. The van der Waals surface area contributed by atoms with Gasteiger partial charge in [0, 0.05) is 6.54 Å². The van der Waals surface area contributed by atoms with Gasteiger partial charge < -0.3 is 15.5 Å². The van der Waals surface area contributed by atoms with Gasteiger partial charge in [-0.3, -0.25) is 4.79 Å². The molecule has 1 rings (SSSR count). The molecule has 0 saturated carbocycles. The molecule has 1 atom stereocenters. The Hall–Kier alpha value is -0.810. The number of carbonyl (C=O) groups is 1. The third-order valence-electron chi connectivity index (χ3n) is 2.89. The zero-order valence-corrected chi connectivity index (χ0v) is 11.3. The van der Waals surface area contributed by atoms with E-state index in [0.29, 0.717) is 11.2 Å². The highest BCUT2D eigenvalue weighted by molar-refractivity contribution is 9.10. The molecule has 3 N–H and O–H groups in total. The second-order valence-electron chi connectivity index (χ2n) is 4.33. The van der Waals surface area contributed by atoms with Crippen molar-refractivity contribution < 1.29 is 9.21 Å². The number of furan rings is 1. The maximum absolute atomic E-state index is 11.9. The van der Waals surface area contributed by atoms with E-state index in [1.54, 1.807) is 12.1 Å². The van der Waals surface area contributed by atoms with Crippen LogP contribution in [-0.2, 0) is 0 Å². The number of hydrogen-bond acceptors (Lipinski definition) is 3. The molecule has 1 heterocycles. The Balaban J connectivity index is 2.77. The summed E-state index contributed by atoms with van der Waals surface area (Å²) in [5.74, 6) is 0.291. The van der Waals surface area contributed by atoms with Crippen LogP contribution in [-0.4, -0.2) is 18.0 Å². The van der Waals surface area contributed by atoms with Gasteiger partial charge in [-0.25, -0.2) is 0 Å². The first-order valence-electron chi connectivity index (χ1n) is 5.17. The zero-order valence-electron chi connectivity index (χ0n) is 9.71. The van der Waals surface area contributed by atoms with Gasteiger partial charge in [0.1, 0.15) is 0 Å². The van der Waals surface area contributed by atoms with E-state index in [4.69, 9.17) is 10.2 Å². The summed E-state index contributed by atoms with van der Waals surface area (Å²) in [7, 11) is 0. The Morgan fingerprint density at radius 3 is 2.62 bits per heavy atom. The first-order valence-corrected chi connectivity index (χ1v) is 5.96. The highest BCUT2D eigenvalue weighted by atomic mass is 79.9. The van der Waals surface area contributed by atoms with Crippen molar-refractivity contribution in [2.75, 3.05) is 6.54 Å². The molecule has 0 saturated heterocycles. The summed E-state index contributed by atoms with van der Waals surface area (Å²) in [6.07, 6.45) is 0. The molecular formula is C11H17BrN2O2. The number of halogens is 1. The lowest BCUT2D eigenvalue weighted by atomic mass is 9.88. The first-order chi connectivity index (χ1) is 7.39. The van der Waals surface area contributed by atoms with Crippen LogP contribution in [0.2, 0.25) is 0 Å². The van der Waals surface area contributed by atoms with Crippen LogP contribution in [0, 0.1) is 5.92 Å². The van der Waals surface area contributed by atoms with Crippen LogP contribution in [0.25, 0.3) is 0 Å². The number of hydrogen-bond donors (Lipinski definition) is 2. The molecule has 90 valence electrons. The van der Waals surface area contributed by atoms with E-state index in [1.807, 2.05) is 20.8 Å². The van der Waals surface area contributed by atoms with Gasteiger partial charge in [-0.1, -0.05) is 13.8 Å². The lowest BCUT2D eigenvalue weighted by molar-refractivity contribution is 0.0853. The van der Waals surface area contributed by atoms with E-state index in [0.717, 1.165) is 0 Å². The molecule has 5 heteroatoms. The van der Waals surface area contributed by atoms with Crippen molar-refractivity contribution in [3.05, 3.63) is 22.6 Å². The van der Waals surface area contributed by atoms with Crippen molar-refractivity contribution >= 4 is 21.8 Å². The Morgan fingerprint density at radius 1 is 1.62 bits per heavy atom. The summed E-state index contributed by atoms with van der Waals surface area (Å²) >= 11 is 3.15. The van der Waals surface area contributed by atoms with Gasteiger partial charge in [0.15, 0.2) is 10.4 Å². The van der Waals surface area contributed by atoms with Crippen molar-refractivity contribution in [2.45, 2.75) is 26.3 Å². The van der Waals surface area contributed by atoms with E-state index in [1.165, 1.54) is 0 Å². The molecular weight excluding hydrogens is 272 g/mol. The largest absolute Gasteiger partial charge is 0.444 e. The number of nitrogens with two attached hydrogens (primary N) is 1. The van der Waals surface area contributed by atoms with Crippen molar-refractivity contribution in [2.24, 2.45) is 11.7 Å². The van der Waals surface area contributed by atoms with Crippen LogP contribution in [0.5, 0.6) is 0 Å². The Kier molecular flexibility index (Phi) is 4.15. The third kappa shape index (κ3) is 2.86.